The van der Waals surface area contributed by atoms with Crippen LogP contribution >= 0.6 is 0 Å². The van der Waals surface area contributed by atoms with E-state index in [4.69, 9.17) is 5.73 Å². The van der Waals surface area contributed by atoms with Crippen LogP contribution in [0.15, 0.2) is 18.2 Å². The van der Waals surface area contributed by atoms with Crippen LogP contribution < -0.4 is 11.1 Å². The molecular formula is C11H13F3N2O. The Bertz CT molecular complexity index is 416. The van der Waals surface area contributed by atoms with E-state index in [0.717, 1.165) is 6.07 Å². The molecule has 0 aliphatic heterocycles. The van der Waals surface area contributed by atoms with E-state index in [0.29, 0.717) is 5.56 Å². The first-order valence-corrected chi connectivity index (χ1v) is 5.03. The summed E-state index contributed by atoms with van der Waals surface area (Å²) in [6, 6.07) is 3.76. The zero-order valence-corrected chi connectivity index (χ0v) is 9.27. The lowest BCUT2D eigenvalue weighted by atomic mass is 10.0. The van der Waals surface area contributed by atoms with Gasteiger partial charge in [0.25, 0.3) is 0 Å². The minimum Gasteiger partial charge on any atom is -0.330 e. The highest BCUT2D eigenvalue weighted by Crippen LogP contribution is 2.36. The lowest BCUT2D eigenvalue weighted by molar-refractivity contribution is -0.137. The van der Waals surface area contributed by atoms with E-state index in [2.05, 4.69) is 5.32 Å². The standard InChI is InChI=1S/C11H13F3N2O/c1-7(17)16-10-8(5-6-15)3-2-4-9(10)11(12,13)14/h2-4H,5-6,15H2,1H3,(H,16,17). The summed E-state index contributed by atoms with van der Waals surface area (Å²) in [6.07, 6.45) is -4.22. The van der Waals surface area contributed by atoms with Crippen molar-refractivity contribution in [1.82, 2.24) is 0 Å². The fourth-order valence-corrected chi connectivity index (χ4v) is 1.52. The number of hydrogen-bond donors (Lipinski definition) is 2. The fraction of sp³-hybridized carbons (Fsp3) is 0.364. The normalized spacial score (nSPS) is 11.4. The molecule has 0 heterocycles. The van der Waals surface area contributed by atoms with E-state index < -0.39 is 17.6 Å². The van der Waals surface area contributed by atoms with E-state index in [9.17, 15) is 18.0 Å². The van der Waals surface area contributed by atoms with E-state index in [1.165, 1.54) is 19.1 Å². The summed E-state index contributed by atoms with van der Waals surface area (Å²) in [5, 5.41) is 2.22. The van der Waals surface area contributed by atoms with Gasteiger partial charge in [-0.3, -0.25) is 4.79 Å². The molecule has 17 heavy (non-hydrogen) atoms. The van der Waals surface area contributed by atoms with E-state index in [1.807, 2.05) is 0 Å². The third kappa shape index (κ3) is 3.45. The van der Waals surface area contributed by atoms with Crippen LogP contribution in [-0.4, -0.2) is 12.5 Å². The van der Waals surface area contributed by atoms with E-state index >= 15 is 0 Å². The van der Waals surface area contributed by atoms with Gasteiger partial charge in [0, 0.05) is 6.92 Å². The number of alkyl halides is 3. The zero-order chi connectivity index (χ0) is 13.1. The molecule has 0 atom stereocenters. The number of carbonyl (C=O) groups is 1. The molecule has 0 bridgehead atoms. The van der Waals surface area contributed by atoms with Gasteiger partial charge in [0.1, 0.15) is 0 Å². The van der Waals surface area contributed by atoms with Crippen molar-refractivity contribution in [1.29, 1.82) is 0 Å². The third-order valence-corrected chi connectivity index (χ3v) is 2.17. The second kappa shape index (κ2) is 5.18. The summed E-state index contributed by atoms with van der Waals surface area (Å²) in [5.41, 5.74) is 4.67. The minimum absolute atomic E-state index is 0.196. The zero-order valence-electron chi connectivity index (χ0n) is 9.27. The number of nitrogens with one attached hydrogen (secondary N) is 1. The van der Waals surface area contributed by atoms with Gasteiger partial charge in [-0.15, -0.1) is 0 Å². The van der Waals surface area contributed by atoms with Gasteiger partial charge in [-0.05, 0) is 24.6 Å². The van der Waals surface area contributed by atoms with E-state index in [1.54, 1.807) is 0 Å². The van der Waals surface area contributed by atoms with Crippen LogP contribution in [0.25, 0.3) is 0 Å². The Balaban J connectivity index is 3.28. The Kier molecular flexibility index (Phi) is 4.11. The first-order valence-electron chi connectivity index (χ1n) is 5.03. The molecule has 0 fully saturated rings. The summed E-state index contributed by atoms with van der Waals surface area (Å²) in [5.74, 6) is -0.542. The van der Waals surface area contributed by atoms with Crippen LogP contribution in [0, 0.1) is 0 Å². The largest absolute Gasteiger partial charge is 0.418 e. The predicted molar refractivity (Wildman–Crippen MR) is 58.5 cm³/mol. The maximum atomic E-state index is 12.7. The highest BCUT2D eigenvalue weighted by atomic mass is 19.4. The quantitative estimate of drug-likeness (QED) is 0.858. The molecule has 1 rings (SSSR count). The summed E-state index contributed by atoms with van der Waals surface area (Å²) < 4.78 is 38.2. The van der Waals surface area contributed by atoms with Crippen LogP contribution in [0.3, 0.4) is 0 Å². The van der Waals surface area contributed by atoms with Crippen molar-refractivity contribution >= 4 is 11.6 Å². The molecule has 0 saturated carbocycles. The molecule has 94 valence electrons. The molecule has 3 N–H and O–H groups in total. The van der Waals surface area contributed by atoms with Gasteiger partial charge in [-0.25, -0.2) is 0 Å². The van der Waals surface area contributed by atoms with Crippen LogP contribution in [0.5, 0.6) is 0 Å². The minimum atomic E-state index is -4.50. The van der Waals surface area contributed by atoms with Gasteiger partial charge in [-0.2, -0.15) is 13.2 Å². The number of para-hydroxylation sites is 1. The van der Waals surface area contributed by atoms with Crippen molar-refractivity contribution in [2.24, 2.45) is 5.73 Å². The highest BCUT2D eigenvalue weighted by molar-refractivity contribution is 5.90. The van der Waals surface area contributed by atoms with Crippen LogP contribution in [-0.2, 0) is 17.4 Å². The Morgan fingerprint density at radius 2 is 2.06 bits per heavy atom. The van der Waals surface area contributed by atoms with Gasteiger partial charge in [-0.1, -0.05) is 12.1 Å². The van der Waals surface area contributed by atoms with Crippen molar-refractivity contribution in [3.05, 3.63) is 29.3 Å². The summed E-state index contributed by atoms with van der Waals surface area (Å²) in [7, 11) is 0. The van der Waals surface area contributed by atoms with Crippen molar-refractivity contribution in [3.63, 3.8) is 0 Å². The third-order valence-electron chi connectivity index (χ3n) is 2.17. The summed E-state index contributed by atoms with van der Waals surface area (Å²) in [4.78, 5) is 10.9. The Labute approximate surface area is 96.8 Å². The molecule has 0 aliphatic rings. The number of nitrogens with two attached hydrogens (primary N) is 1. The van der Waals surface area contributed by atoms with Gasteiger partial charge in [0.15, 0.2) is 0 Å². The highest BCUT2D eigenvalue weighted by Gasteiger charge is 2.34. The van der Waals surface area contributed by atoms with Crippen molar-refractivity contribution in [2.45, 2.75) is 19.5 Å². The lowest BCUT2D eigenvalue weighted by Gasteiger charge is -2.16. The molecule has 0 unspecified atom stereocenters. The fourth-order valence-electron chi connectivity index (χ4n) is 1.52. The second-order valence-electron chi connectivity index (χ2n) is 3.56. The number of anilines is 1. The monoisotopic (exact) mass is 246 g/mol. The first-order chi connectivity index (χ1) is 7.86. The van der Waals surface area contributed by atoms with Crippen LogP contribution in [0.1, 0.15) is 18.1 Å². The van der Waals surface area contributed by atoms with Crippen molar-refractivity contribution in [3.8, 4) is 0 Å². The molecule has 0 saturated heterocycles. The molecule has 0 spiro atoms. The topological polar surface area (TPSA) is 55.1 Å². The molecule has 1 aromatic carbocycles. The van der Waals surface area contributed by atoms with Gasteiger partial charge in [0.2, 0.25) is 5.91 Å². The number of halogens is 3. The molecule has 3 nitrogen and oxygen atoms in total. The molecule has 1 aromatic rings. The second-order valence-corrected chi connectivity index (χ2v) is 3.56. The van der Waals surface area contributed by atoms with E-state index in [-0.39, 0.29) is 18.7 Å². The van der Waals surface area contributed by atoms with Crippen molar-refractivity contribution in [2.75, 3.05) is 11.9 Å². The van der Waals surface area contributed by atoms with Crippen LogP contribution in [0.2, 0.25) is 0 Å². The molecular weight excluding hydrogens is 233 g/mol. The Morgan fingerprint density at radius 1 is 1.41 bits per heavy atom. The smallest absolute Gasteiger partial charge is 0.330 e. The maximum absolute atomic E-state index is 12.7. The Hall–Kier alpha value is -1.56. The maximum Gasteiger partial charge on any atom is 0.418 e. The lowest BCUT2D eigenvalue weighted by Crippen LogP contribution is -2.17. The van der Waals surface area contributed by atoms with Gasteiger partial charge in [0.05, 0.1) is 11.3 Å². The predicted octanol–water partition coefficient (Wildman–Crippen LogP) is 2.17. The molecule has 0 radical (unpaired) electrons. The average molecular weight is 246 g/mol. The molecule has 0 aromatic heterocycles. The summed E-state index contributed by atoms with van der Waals surface area (Å²) in [6.45, 7) is 1.38. The van der Waals surface area contributed by atoms with Gasteiger partial charge >= 0.3 is 6.18 Å². The number of benzene rings is 1. The number of rotatable bonds is 3. The van der Waals surface area contributed by atoms with Crippen molar-refractivity contribution < 1.29 is 18.0 Å². The molecule has 6 heteroatoms. The molecule has 1 amide bonds. The first kappa shape index (κ1) is 13.5. The van der Waals surface area contributed by atoms with Gasteiger partial charge < -0.3 is 11.1 Å². The number of hydrogen-bond acceptors (Lipinski definition) is 2. The average Bonchev–Trinajstić information content (AvgIpc) is 2.18. The molecule has 0 aliphatic carbocycles. The number of carbonyl (C=O) groups excluding carboxylic acids is 1. The summed E-state index contributed by atoms with van der Waals surface area (Å²) >= 11 is 0. The Morgan fingerprint density at radius 3 is 2.53 bits per heavy atom. The van der Waals surface area contributed by atoms with Crippen LogP contribution in [0.4, 0.5) is 18.9 Å². The number of amides is 1. The SMILES string of the molecule is CC(=O)Nc1c(CCN)cccc1C(F)(F)F.